The number of nitrogens with zero attached hydrogens (tertiary/aromatic N) is 2. The predicted molar refractivity (Wildman–Crippen MR) is 142 cm³/mol. The summed E-state index contributed by atoms with van der Waals surface area (Å²) < 4.78 is 30.0. The third-order valence-electron chi connectivity index (χ3n) is 6.51. The zero-order chi connectivity index (χ0) is 25.5. The summed E-state index contributed by atoms with van der Waals surface area (Å²) in [5.41, 5.74) is 3.41. The first kappa shape index (κ1) is 25.8. The molecule has 0 radical (unpaired) electrons. The number of H-pyrrole nitrogens is 1. The van der Waals surface area contributed by atoms with Crippen LogP contribution < -0.4 is 19.5 Å². The summed E-state index contributed by atoms with van der Waals surface area (Å²) in [6.07, 6.45) is 0.878. The molecule has 0 amide bonds. The number of fused-ring (bicyclic) bond motifs is 1. The number of methoxy groups -OCH3 is 1. The summed E-state index contributed by atoms with van der Waals surface area (Å²) >= 11 is 0. The van der Waals surface area contributed by atoms with Gasteiger partial charge in [0.15, 0.2) is 11.5 Å². The smallest absolute Gasteiger partial charge is 0.221 e. The molecular weight excluding hydrogens is 461 g/mol. The van der Waals surface area contributed by atoms with Crippen molar-refractivity contribution in [2.75, 3.05) is 72.0 Å². The molecule has 8 nitrogen and oxygen atoms in total. The Morgan fingerprint density at radius 2 is 1.81 bits per heavy atom. The SMILES string of the molecule is CNc1cc(OCCCN2CCN(CCF)CC2)c(OC)cc1C(=N)Oc1ccc2[nH]c(C)cc2c1. The maximum absolute atomic E-state index is 12.5. The number of halogens is 1. The van der Waals surface area contributed by atoms with E-state index in [2.05, 4.69) is 20.1 Å². The topological polar surface area (TPSA) is 85.8 Å². The van der Waals surface area contributed by atoms with Gasteiger partial charge in [0.2, 0.25) is 5.90 Å². The van der Waals surface area contributed by atoms with E-state index in [0.717, 1.165) is 61.4 Å². The largest absolute Gasteiger partial charge is 0.493 e. The number of ether oxygens (including phenoxy) is 3. The minimum atomic E-state index is -0.280. The van der Waals surface area contributed by atoms with E-state index < -0.39 is 0 Å². The first-order valence-electron chi connectivity index (χ1n) is 12.4. The summed E-state index contributed by atoms with van der Waals surface area (Å²) in [7, 11) is 3.40. The molecule has 1 aromatic heterocycles. The number of anilines is 1. The molecule has 2 heterocycles. The number of aromatic nitrogens is 1. The van der Waals surface area contributed by atoms with Crippen LogP contribution in [0.3, 0.4) is 0 Å². The molecule has 2 aromatic carbocycles. The lowest BCUT2D eigenvalue weighted by atomic mass is 10.1. The van der Waals surface area contributed by atoms with Crippen LogP contribution in [0.4, 0.5) is 10.1 Å². The number of rotatable bonds is 11. The van der Waals surface area contributed by atoms with Gasteiger partial charge in [-0.25, -0.2) is 4.39 Å². The van der Waals surface area contributed by atoms with Crippen LogP contribution in [0.15, 0.2) is 36.4 Å². The Morgan fingerprint density at radius 1 is 1.06 bits per heavy atom. The number of hydrogen-bond acceptors (Lipinski definition) is 7. The number of benzene rings is 2. The van der Waals surface area contributed by atoms with E-state index >= 15 is 0 Å². The van der Waals surface area contributed by atoms with Gasteiger partial charge in [-0.3, -0.25) is 10.3 Å². The third kappa shape index (κ3) is 6.27. The molecule has 4 rings (SSSR count). The van der Waals surface area contributed by atoms with E-state index in [1.54, 1.807) is 20.2 Å². The van der Waals surface area contributed by atoms with Crippen molar-refractivity contribution in [3.8, 4) is 17.2 Å². The summed E-state index contributed by atoms with van der Waals surface area (Å²) in [6, 6.07) is 11.4. The van der Waals surface area contributed by atoms with Crippen molar-refractivity contribution < 1.29 is 18.6 Å². The van der Waals surface area contributed by atoms with E-state index in [0.29, 0.717) is 36.0 Å². The fourth-order valence-corrected chi connectivity index (χ4v) is 4.55. The Morgan fingerprint density at radius 3 is 2.50 bits per heavy atom. The van der Waals surface area contributed by atoms with Crippen LogP contribution >= 0.6 is 0 Å². The Balaban J connectivity index is 1.36. The first-order chi connectivity index (χ1) is 17.5. The number of piperazine rings is 1. The van der Waals surface area contributed by atoms with Crippen LogP contribution in [0.5, 0.6) is 17.2 Å². The summed E-state index contributed by atoms with van der Waals surface area (Å²) in [6.45, 7) is 7.50. The fraction of sp³-hybridized carbons (Fsp3) is 0.444. The molecule has 1 aliphatic heterocycles. The predicted octanol–water partition coefficient (Wildman–Crippen LogP) is 4.29. The molecule has 1 fully saturated rings. The molecule has 0 aliphatic carbocycles. The molecule has 3 aromatic rings. The Kier molecular flexibility index (Phi) is 8.66. The van der Waals surface area contributed by atoms with Crippen LogP contribution in [-0.4, -0.2) is 87.4 Å². The van der Waals surface area contributed by atoms with Gasteiger partial charge in [-0.15, -0.1) is 0 Å². The number of nitrogens with one attached hydrogen (secondary N) is 3. The van der Waals surface area contributed by atoms with E-state index in [9.17, 15) is 4.39 Å². The van der Waals surface area contributed by atoms with E-state index in [1.807, 2.05) is 37.3 Å². The zero-order valence-corrected chi connectivity index (χ0v) is 21.3. The van der Waals surface area contributed by atoms with Crippen LogP contribution in [0.2, 0.25) is 0 Å². The van der Waals surface area contributed by atoms with Gasteiger partial charge in [0.25, 0.3) is 0 Å². The van der Waals surface area contributed by atoms with Gasteiger partial charge in [0.05, 0.1) is 25.0 Å². The molecule has 0 bridgehead atoms. The fourth-order valence-electron chi connectivity index (χ4n) is 4.55. The van der Waals surface area contributed by atoms with Crippen molar-refractivity contribution in [2.24, 2.45) is 0 Å². The molecule has 0 atom stereocenters. The molecule has 1 aliphatic rings. The highest BCUT2D eigenvalue weighted by Crippen LogP contribution is 2.34. The van der Waals surface area contributed by atoms with Crippen molar-refractivity contribution in [2.45, 2.75) is 13.3 Å². The highest BCUT2D eigenvalue weighted by Gasteiger charge is 2.18. The average molecular weight is 498 g/mol. The van der Waals surface area contributed by atoms with Crippen LogP contribution in [0, 0.1) is 12.3 Å². The second kappa shape index (κ2) is 12.1. The lowest BCUT2D eigenvalue weighted by molar-refractivity contribution is 0.120. The Bertz CT molecular complexity index is 1170. The summed E-state index contributed by atoms with van der Waals surface area (Å²) in [5, 5.41) is 12.8. The third-order valence-corrected chi connectivity index (χ3v) is 6.51. The molecule has 36 heavy (non-hydrogen) atoms. The molecule has 0 unspecified atom stereocenters. The van der Waals surface area contributed by atoms with Crippen molar-refractivity contribution in [1.29, 1.82) is 5.41 Å². The standard InChI is InChI=1S/C27H36FN5O3/c1-19-15-20-16-21(5-6-23(20)31-19)36-27(29)22-17-25(34-3)26(18-24(22)30-2)35-14-4-8-32-10-12-33(9-7-28)13-11-32/h5-6,15-18,29-31H,4,7-14H2,1-3H3. The lowest BCUT2D eigenvalue weighted by Gasteiger charge is -2.34. The minimum absolute atomic E-state index is 0.0164. The number of hydrogen-bond donors (Lipinski definition) is 3. The van der Waals surface area contributed by atoms with Gasteiger partial charge in [-0.2, -0.15) is 0 Å². The molecule has 3 N–H and O–H groups in total. The number of aromatic amines is 1. The molecule has 1 saturated heterocycles. The average Bonchev–Trinajstić information content (AvgIpc) is 3.26. The van der Waals surface area contributed by atoms with Gasteiger partial charge in [-0.1, -0.05) is 0 Å². The van der Waals surface area contributed by atoms with Crippen molar-refractivity contribution >= 4 is 22.5 Å². The maximum Gasteiger partial charge on any atom is 0.221 e. The van der Waals surface area contributed by atoms with Crippen molar-refractivity contribution in [1.82, 2.24) is 14.8 Å². The van der Waals surface area contributed by atoms with Gasteiger partial charge in [0.1, 0.15) is 12.4 Å². The molecule has 0 saturated carbocycles. The molecular formula is C27H36FN5O3. The van der Waals surface area contributed by atoms with Gasteiger partial charge >= 0.3 is 0 Å². The van der Waals surface area contributed by atoms with Gasteiger partial charge < -0.3 is 29.4 Å². The zero-order valence-electron chi connectivity index (χ0n) is 21.3. The van der Waals surface area contributed by atoms with E-state index in [1.165, 1.54) is 0 Å². The van der Waals surface area contributed by atoms with Crippen molar-refractivity contribution in [3.63, 3.8) is 0 Å². The normalized spacial score (nSPS) is 14.7. The van der Waals surface area contributed by atoms with Crippen LogP contribution in [0.1, 0.15) is 17.7 Å². The highest BCUT2D eigenvalue weighted by molar-refractivity contribution is 6.00. The first-order valence-corrected chi connectivity index (χ1v) is 12.4. The van der Waals surface area contributed by atoms with E-state index in [-0.39, 0.29) is 12.6 Å². The van der Waals surface area contributed by atoms with Gasteiger partial charge in [0, 0.05) is 69.0 Å². The second-order valence-electron chi connectivity index (χ2n) is 9.01. The lowest BCUT2D eigenvalue weighted by Crippen LogP contribution is -2.47. The number of alkyl halides is 1. The Hall–Kier alpha value is -3.30. The molecule has 0 spiro atoms. The molecule has 194 valence electrons. The van der Waals surface area contributed by atoms with Gasteiger partial charge in [-0.05, 0) is 43.7 Å². The van der Waals surface area contributed by atoms with Crippen LogP contribution in [-0.2, 0) is 0 Å². The summed E-state index contributed by atoms with van der Waals surface area (Å²) in [4.78, 5) is 7.85. The van der Waals surface area contributed by atoms with Crippen LogP contribution in [0.25, 0.3) is 10.9 Å². The van der Waals surface area contributed by atoms with Crippen molar-refractivity contribution in [3.05, 3.63) is 47.7 Å². The maximum atomic E-state index is 12.5. The molecule has 9 heteroatoms. The second-order valence-corrected chi connectivity index (χ2v) is 9.01. The Labute approximate surface area is 211 Å². The number of aryl methyl sites for hydroxylation is 1. The van der Waals surface area contributed by atoms with E-state index in [4.69, 9.17) is 19.6 Å². The minimum Gasteiger partial charge on any atom is -0.493 e. The quantitative estimate of drug-likeness (QED) is 0.208. The monoisotopic (exact) mass is 497 g/mol. The summed E-state index contributed by atoms with van der Waals surface area (Å²) in [5.74, 6) is 1.78. The highest BCUT2D eigenvalue weighted by atomic mass is 19.1.